The number of thioether (sulfide) groups is 1. The van der Waals surface area contributed by atoms with Gasteiger partial charge in [0.1, 0.15) is 11.5 Å². The molecule has 32 heavy (non-hydrogen) atoms. The zero-order valence-corrected chi connectivity index (χ0v) is 19.1. The number of nitrogens with zero attached hydrogens (tertiary/aromatic N) is 2. The van der Waals surface area contributed by atoms with Crippen LogP contribution in [0, 0.1) is 5.92 Å². The van der Waals surface area contributed by atoms with Crippen molar-refractivity contribution in [2.75, 3.05) is 16.8 Å². The van der Waals surface area contributed by atoms with Crippen LogP contribution in [-0.2, 0) is 21.1 Å². The van der Waals surface area contributed by atoms with Gasteiger partial charge in [-0.3, -0.25) is 4.79 Å². The largest absolute Gasteiger partial charge is 0.457 e. The molecule has 168 valence electrons. The number of para-hydroxylation sites is 1. The maximum atomic E-state index is 12.5. The van der Waals surface area contributed by atoms with E-state index in [9.17, 15) is 13.2 Å². The first-order valence-electron chi connectivity index (χ1n) is 10.2. The van der Waals surface area contributed by atoms with Gasteiger partial charge in [0.05, 0.1) is 16.8 Å². The molecule has 3 aromatic rings. The molecule has 10 heteroatoms. The van der Waals surface area contributed by atoms with Gasteiger partial charge in [0.2, 0.25) is 11.8 Å². The second kappa shape index (κ2) is 9.74. The van der Waals surface area contributed by atoms with Crippen molar-refractivity contribution in [1.82, 2.24) is 10.2 Å². The number of nitrogens with one attached hydrogen (secondary N) is 1. The first-order chi connectivity index (χ1) is 15.4. The normalized spacial score (nSPS) is 18.2. The molecule has 2 atom stereocenters. The zero-order valence-electron chi connectivity index (χ0n) is 17.4. The van der Waals surface area contributed by atoms with Crippen molar-refractivity contribution in [3.63, 3.8) is 0 Å². The third-order valence-electron chi connectivity index (χ3n) is 4.99. The third kappa shape index (κ3) is 6.10. The lowest BCUT2D eigenvalue weighted by Crippen LogP contribution is -2.22. The van der Waals surface area contributed by atoms with Crippen LogP contribution in [0.25, 0.3) is 0 Å². The molecule has 2 aromatic carbocycles. The molecule has 4 rings (SSSR count). The van der Waals surface area contributed by atoms with Gasteiger partial charge in [-0.05, 0) is 55.7 Å². The van der Waals surface area contributed by atoms with Crippen LogP contribution < -0.4 is 10.1 Å². The number of carbonyl (C=O) groups is 1. The van der Waals surface area contributed by atoms with E-state index in [1.807, 2.05) is 30.3 Å². The fourth-order valence-corrected chi connectivity index (χ4v) is 5.89. The summed E-state index contributed by atoms with van der Waals surface area (Å²) in [5.74, 6) is 1.99. The third-order valence-corrected chi connectivity index (χ3v) is 7.76. The highest BCUT2D eigenvalue weighted by molar-refractivity contribution is 8.00. The molecule has 0 radical (unpaired) electrons. The van der Waals surface area contributed by atoms with E-state index in [1.54, 1.807) is 31.2 Å². The molecule has 1 fully saturated rings. The highest BCUT2D eigenvalue weighted by Crippen LogP contribution is 2.27. The Hall–Kier alpha value is -2.85. The Balaban J connectivity index is 1.27. The number of carbonyl (C=O) groups excluding carboxylic acids is 1. The highest BCUT2D eigenvalue weighted by Gasteiger charge is 2.29. The minimum absolute atomic E-state index is 0.00728. The SMILES string of the molecule is C[C@@H](Sc1nnc(C[C@@H]2CCS(=O)(=O)C2)o1)C(=O)Nc1ccc(Oc2ccccc2)cc1. The van der Waals surface area contributed by atoms with Crippen LogP contribution in [0.1, 0.15) is 19.2 Å². The van der Waals surface area contributed by atoms with E-state index in [1.165, 1.54) is 0 Å². The summed E-state index contributed by atoms with van der Waals surface area (Å²) in [5.41, 5.74) is 0.650. The van der Waals surface area contributed by atoms with Gasteiger partial charge in [0.25, 0.3) is 5.22 Å². The second-order valence-corrected chi connectivity index (χ2v) is 11.1. The predicted octanol–water partition coefficient (Wildman–Crippen LogP) is 3.96. The average molecular weight is 474 g/mol. The van der Waals surface area contributed by atoms with Crippen molar-refractivity contribution in [2.24, 2.45) is 5.92 Å². The number of benzene rings is 2. The van der Waals surface area contributed by atoms with Gasteiger partial charge < -0.3 is 14.5 Å². The number of ether oxygens (including phenoxy) is 1. The van der Waals surface area contributed by atoms with Crippen molar-refractivity contribution >= 4 is 33.2 Å². The van der Waals surface area contributed by atoms with E-state index in [0.29, 0.717) is 30.2 Å². The van der Waals surface area contributed by atoms with E-state index in [-0.39, 0.29) is 28.6 Å². The molecule has 0 unspecified atom stereocenters. The molecular weight excluding hydrogens is 450 g/mol. The van der Waals surface area contributed by atoms with E-state index < -0.39 is 15.1 Å². The van der Waals surface area contributed by atoms with Gasteiger partial charge in [0, 0.05) is 12.1 Å². The van der Waals surface area contributed by atoms with Crippen LogP contribution in [0.3, 0.4) is 0 Å². The maximum Gasteiger partial charge on any atom is 0.277 e. The molecule has 2 heterocycles. The average Bonchev–Trinajstić information content (AvgIpc) is 3.35. The molecule has 1 aromatic heterocycles. The summed E-state index contributed by atoms with van der Waals surface area (Å²) in [4.78, 5) is 12.5. The van der Waals surface area contributed by atoms with E-state index in [0.717, 1.165) is 17.5 Å². The predicted molar refractivity (Wildman–Crippen MR) is 122 cm³/mol. The van der Waals surface area contributed by atoms with E-state index in [4.69, 9.17) is 9.15 Å². The molecular formula is C22H23N3O5S2. The minimum Gasteiger partial charge on any atom is -0.457 e. The summed E-state index contributed by atoms with van der Waals surface area (Å²) in [6, 6.07) is 16.6. The van der Waals surface area contributed by atoms with Crippen LogP contribution in [0.2, 0.25) is 0 Å². The van der Waals surface area contributed by atoms with Crippen LogP contribution in [-0.4, -0.2) is 41.3 Å². The highest BCUT2D eigenvalue weighted by atomic mass is 32.2. The summed E-state index contributed by atoms with van der Waals surface area (Å²) in [7, 11) is -2.94. The maximum absolute atomic E-state index is 12.5. The summed E-state index contributed by atoms with van der Waals surface area (Å²) < 4.78 is 34.5. The Labute approximate surface area is 190 Å². The second-order valence-electron chi connectivity index (χ2n) is 7.62. The molecule has 0 bridgehead atoms. The topological polar surface area (TPSA) is 111 Å². The Morgan fingerprint density at radius 1 is 1.16 bits per heavy atom. The molecule has 0 aliphatic carbocycles. The summed E-state index contributed by atoms with van der Waals surface area (Å²) in [5, 5.41) is 10.6. The summed E-state index contributed by atoms with van der Waals surface area (Å²) in [6.07, 6.45) is 1.05. The molecule has 8 nitrogen and oxygen atoms in total. The molecule has 1 saturated heterocycles. The Bertz CT molecular complexity index is 1160. The molecule has 1 N–H and O–H groups in total. The van der Waals surface area contributed by atoms with Crippen LogP contribution >= 0.6 is 11.8 Å². The van der Waals surface area contributed by atoms with Gasteiger partial charge in [-0.1, -0.05) is 30.0 Å². The number of hydrogen-bond donors (Lipinski definition) is 1. The first-order valence-corrected chi connectivity index (χ1v) is 12.9. The number of anilines is 1. The number of aromatic nitrogens is 2. The van der Waals surface area contributed by atoms with Crippen molar-refractivity contribution in [3.8, 4) is 11.5 Å². The number of hydrogen-bond acceptors (Lipinski definition) is 8. The van der Waals surface area contributed by atoms with Crippen molar-refractivity contribution in [1.29, 1.82) is 0 Å². The lowest BCUT2D eigenvalue weighted by atomic mass is 10.1. The standard InChI is InChI=1S/C22H23N3O5S2/c1-15(31-22-25-24-20(30-22)13-16-11-12-32(27,28)14-16)21(26)23-17-7-9-19(10-8-17)29-18-5-3-2-4-6-18/h2-10,15-16H,11-14H2,1H3,(H,23,26)/t15-,16+/m1/s1. The lowest BCUT2D eigenvalue weighted by Gasteiger charge is -2.11. The fourth-order valence-electron chi connectivity index (χ4n) is 3.33. The molecule has 0 spiro atoms. The summed E-state index contributed by atoms with van der Waals surface area (Å²) >= 11 is 1.16. The van der Waals surface area contributed by atoms with Crippen molar-refractivity contribution in [3.05, 3.63) is 60.5 Å². The fraction of sp³-hybridized carbons (Fsp3) is 0.318. The molecule has 1 aliphatic rings. The van der Waals surface area contributed by atoms with Gasteiger partial charge in [-0.15, -0.1) is 10.2 Å². The monoisotopic (exact) mass is 473 g/mol. The minimum atomic E-state index is -2.94. The van der Waals surface area contributed by atoms with Gasteiger partial charge in [0.15, 0.2) is 9.84 Å². The van der Waals surface area contributed by atoms with Crippen molar-refractivity contribution < 1.29 is 22.4 Å². The van der Waals surface area contributed by atoms with E-state index >= 15 is 0 Å². The zero-order chi connectivity index (χ0) is 22.6. The lowest BCUT2D eigenvalue weighted by molar-refractivity contribution is -0.115. The van der Waals surface area contributed by atoms with Gasteiger partial charge in [-0.2, -0.15) is 0 Å². The van der Waals surface area contributed by atoms with Crippen LogP contribution in [0.4, 0.5) is 5.69 Å². The number of sulfone groups is 1. The van der Waals surface area contributed by atoms with Gasteiger partial charge in [-0.25, -0.2) is 8.42 Å². The smallest absolute Gasteiger partial charge is 0.277 e. The Morgan fingerprint density at radius 3 is 2.56 bits per heavy atom. The van der Waals surface area contributed by atoms with E-state index in [2.05, 4.69) is 15.5 Å². The first kappa shape index (κ1) is 22.3. The Morgan fingerprint density at radius 2 is 1.88 bits per heavy atom. The summed E-state index contributed by atoms with van der Waals surface area (Å²) in [6.45, 7) is 1.75. The van der Waals surface area contributed by atoms with Gasteiger partial charge >= 0.3 is 0 Å². The molecule has 1 amide bonds. The van der Waals surface area contributed by atoms with Crippen LogP contribution in [0.5, 0.6) is 11.5 Å². The quantitative estimate of drug-likeness (QED) is 0.490. The number of amides is 1. The molecule has 1 aliphatic heterocycles. The molecule has 0 saturated carbocycles. The van der Waals surface area contributed by atoms with Crippen LogP contribution in [0.15, 0.2) is 64.2 Å². The Kier molecular flexibility index (Phi) is 6.80. The van der Waals surface area contributed by atoms with Crippen molar-refractivity contribution in [2.45, 2.75) is 30.2 Å². The number of rotatable bonds is 8.